The molecular formula is C36H27N5O2S. The van der Waals surface area contributed by atoms with Gasteiger partial charge < -0.3 is 0 Å². The highest BCUT2D eigenvalue weighted by Crippen LogP contribution is 2.32. The molecule has 5 aromatic carbocycles. The smallest absolute Gasteiger partial charge is 0.297 e. The Balaban J connectivity index is 0.000000155. The first-order chi connectivity index (χ1) is 21.6. The van der Waals surface area contributed by atoms with E-state index in [1.165, 1.54) is 4.70 Å². The number of hydrogen-bond donors (Lipinski definition) is 0. The summed E-state index contributed by atoms with van der Waals surface area (Å²) in [6, 6.07) is 43.5. The van der Waals surface area contributed by atoms with Crippen LogP contribution in [0.4, 0.5) is 0 Å². The van der Waals surface area contributed by atoms with Crippen molar-refractivity contribution in [1.82, 2.24) is 24.1 Å². The van der Waals surface area contributed by atoms with Gasteiger partial charge >= 0.3 is 6.15 Å². The molecule has 7 nitrogen and oxygen atoms in total. The summed E-state index contributed by atoms with van der Waals surface area (Å²) in [5.74, 6) is 2.01. The molecule has 8 aromatic rings. The summed E-state index contributed by atoms with van der Waals surface area (Å²) in [5.41, 5.74) is 8.78. The van der Waals surface area contributed by atoms with Crippen molar-refractivity contribution < 1.29 is 9.59 Å². The lowest BCUT2D eigenvalue weighted by Gasteiger charge is -2.06. The van der Waals surface area contributed by atoms with E-state index in [0.29, 0.717) is 0 Å². The van der Waals surface area contributed by atoms with Gasteiger partial charge in [0.25, 0.3) is 0 Å². The van der Waals surface area contributed by atoms with E-state index in [2.05, 4.69) is 93.0 Å². The van der Waals surface area contributed by atoms with Crippen LogP contribution >= 0.6 is 11.3 Å². The molecule has 8 heteroatoms. The van der Waals surface area contributed by atoms with Crippen molar-refractivity contribution in [3.8, 4) is 21.9 Å². The third-order valence-corrected chi connectivity index (χ3v) is 8.21. The summed E-state index contributed by atoms with van der Waals surface area (Å²) in [5, 5.41) is 1.04. The maximum Gasteiger partial charge on any atom is 0.373 e. The number of aryl methyl sites for hydroxylation is 2. The molecule has 8 rings (SSSR count). The average molecular weight is 594 g/mol. The fraction of sp³-hybridized carbons (Fsp3) is 0.0556. The molecule has 0 spiro atoms. The molecule has 0 atom stereocenters. The minimum atomic E-state index is 0.250. The SMILES string of the molecule is Cc1nc2cc(-c3nc4ccccc4s3)ccc2n1-c1ccccc1.Cc1nc2ccccc2n1-c1ccccc1.O=C=O. The van der Waals surface area contributed by atoms with Crippen LogP contribution in [0, 0.1) is 13.8 Å². The number of fused-ring (bicyclic) bond motifs is 3. The van der Waals surface area contributed by atoms with Crippen LogP contribution in [0.1, 0.15) is 11.6 Å². The van der Waals surface area contributed by atoms with E-state index in [0.717, 1.165) is 61.2 Å². The van der Waals surface area contributed by atoms with Crippen LogP contribution in [-0.2, 0) is 9.59 Å². The van der Waals surface area contributed by atoms with Gasteiger partial charge in [-0.15, -0.1) is 11.3 Å². The van der Waals surface area contributed by atoms with Gasteiger partial charge in [-0.25, -0.2) is 15.0 Å². The van der Waals surface area contributed by atoms with Gasteiger partial charge in [0.2, 0.25) is 0 Å². The second-order valence-corrected chi connectivity index (χ2v) is 11.0. The van der Waals surface area contributed by atoms with Crippen molar-refractivity contribution in [2.24, 2.45) is 0 Å². The van der Waals surface area contributed by atoms with Crippen molar-refractivity contribution >= 4 is 49.8 Å². The Labute approximate surface area is 257 Å². The first-order valence-corrected chi connectivity index (χ1v) is 14.8. The van der Waals surface area contributed by atoms with Gasteiger partial charge in [-0.05, 0) is 80.6 Å². The van der Waals surface area contributed by atoms with Crippen molar-refractivity contribution in [1.29, 1.82) is 0 Å². The standard InChI is InChI=1S/C21H15N3S.C14H12N2.CO2/c1-14-22-18-13-15(21-23-17-9-5-6-10-20(17)25-21)11-12-19(18)24(14)16-7-3-2-4-8-16;1-11-15-13-9-5-6-10-14(13)16(11)12-7-3-2-4-8-12;2-1-3/h2-13H,1H3;2-10H,1H3;. The lowest BCUT2D eigenvalue weighted by Crippen LogP contribution is -1.95. The van der Waals surface area contributed by atoms with Crippen molar-refractivity contribution in [3.05, 3.63) is 139 Å². The van der Waals surface area contributed by atoms with Gasteiger partial charge in [0, 0.05) is 16.9 Å². The third kappa shape index (κ3) is 5.68. The fourth-order valence-corrected chi connectivity index (χ4v) is 6.24. The summed E-state index contributed by atoms with van der Waals surface area (Å²) in [6.07, 6.45) is 0.250. The normalized spacial score (nSPS) is 10.6. The van der Waals surface area contributed by atoms with E-state index in [-0.39, 0.29) is 6.15 Å². The number of thiazole rings is 1. The van der Waals surface area contributed by atoms with Crippen molar-refractivity contribution in [3.63, 3.8) is 0 Å². The maximum absolute atomic E-state index is 8.12. The van der Waals surface area contributed by atoms with Crippen molar-refractivity contribution in [2.75, 3.05) is 0 Å². The highest BCUT2D eigenvalue weighted by molar-refractivity contribution is 7.21. The summed E-state index contributed by atoms with van der Waals surface area (Å²) in [4.78, 5) is 30.3. The predicted molar refractivity (Wildman–Crippen MR) is 175 cm³/mol. The Morgan fingerprint density at radius 2 is 1.05 bits per heavy atom. The van der Waals surface area contributed by atoms with Crippen LogP contribution in [0.5, 0.6) is 0 Å². The Morgan fingerprint density at radius 3 is 1.66 bits per heavy atom. The van der Waals surface area contributed by atoms with Gasteiger partial charge in [-0.1, -0.05) is 60.7 Å². The molecule has 44 heavy (non-hydrogen) atoms. The van der Waals surface area contributed by atoms with Crippen LogP contribution in [0.2, 0.25) is 0 Å². The quantitative estimate of drug-likeness (QED) is 0.206. The number of rotatable bonds is 3. The molecule has 0 aliphatic carbocycles. The molecule has 3 heterocycles. The number of para-hydroxylation sites is 5. The number of hydrogen-bond acceptors (Lipinski definition) is 6. The Hall–Kier alpha value is -5.69. The lowest BCUT2D eigenvalue weighted by molar-refractivity contribution is -0.191. The number of carbonyl (C=O) groups excluding carboxylic acids is 2. The summed E-state index contributed by atoms with van der Waals surface area (Å²) >= 11 is 1.72. The fourth-order valence-electron chi connectivity index (χ4n) is 5.28. The Bertz CT molecular complexity index is 2190. The molecule has 0 bridgehead atoms. The van der Waals surface area contributed by atoms with Gasteiger partial charge in [0.15, 0.2) is 0 Å². The van der Waals surface area contributed by atoms with Crippen LogP contribution in [0.25, 0.3) is 54.2 Å². The molecule has 0 unspecified atom stereocenters. The summed E-state index contributed by atoms with van der Waals surface area (Å²) < 4.78 is 5.58. The molecule has 0 saturated heterocycles. The van der Waals surface area contributed by atoms with Crippen LogP contribution in [-0.4, -0.2) is 30.2 Å². The molecule has 0 N–H and O–H groups in total. The predicted octanol–water partition coefficient (Wildman–Crippen LogP) is 8.36. The highest BCUT2D eigenvalue weighted by atomic mass is 32.1. The van der Waals surface area contributed by atoms with Crippen LogP contribution in [0.15, 0.2) is 127 Å². The second kappa shape index (κ2) is 12.7. The van der Waals surface area contributed by atoms with Gasteiger partial charge in [-0.3, -0.25) is 9.13 Å². The summed E-state index contributed by atoms with van der Waals surface area (Å²) in [7, 11) is 0. The number of nitrogens with zero attached hydrogens (tertiary/aromatic N) is 5. The minimum Gasteiger partial charge on any atom is -0.297 e. The number of imidazole rings is 2. The van der Waals surface area contributed by atoms with E-state index < -0.39 is 0 Å². The second-order valence-electron chi connectivity index (χ2n) is 9.92. The highest BCUT2D eigenvalue weighted by Gasteiger charge is 2.12. The molecule has 0 aliphatic rings. The van der Waals surface area contributed by atoms with Gasteiger partial charge in [-0.2, -0.15) is 9.59 Å². The van der Waals surface area contributed by atoms with Crippen LogP contribution < -0.4 is 0 Å². The zero-order valence-electron chi connectivity index (χ0n) is 24.1. The lowest BCUT2D eigenvalue weighted by atomic mass is 10.2. The maximum atomic E-state index is 8.12. The van der Waals surface area contributed by atoms with E-state index in [1.54, 1.807) is 11.3 Å². The molecule has 3 aromatic heterocycles. The first kappa shape index (κ1) is 28.4. The molecule has 214 valence electrons. The average Bonchev–Trinajstić information content (AvgIpc) is 3.74. The first-order valence-electron chi connectivity index (χ1n) is 14.0. The number of benzene rings is 5. The third-order valence-electron chi connectivity index (χ3n) is 7.12. The number of aromatic nitrogens is 5. The summed E-state index contributed by atoms with van der Waals surface area (Å²) in [6.45, 7) is 4.08. The van der Waals surface area contributed by atoms with E-state index >= 15 is 0 Å². The van der Waals surface area contributed by atoms with E-state index in [1.807, 2.05) is 62.4 Å². The largest absolute Gasteiger partial charge is 0.373 e. The van der Waals surface area contributed by atoms with Gasteiger partial charge in [0.1, 0.15) is 16.7 Å². The molecule has 0 fully saturated rings. The monoisotopic (exact) mass is 593 g/mol. The van der Waals surface area contributed by atoms with Crippen molar-refractivity contribution in [2.45, 2.75) is 13.8 Å². The zero-order chi connectivity index (χ0) is 30.5. The Morgan fingerprint density at radius 1 is 0.545 bits per heavy atom. The Kier molecular flexibility index (Phi) is 8.19. The van der Waals surface area contributed by atoms with Gasteiger partial charge in [0.05, 0.1) is 32.3 Å². The molecule has 0 aliphatic heterocycles. The zero-order valence-corrected chi connectivity index (χ0v) is 24.9. The minimum absolute atomic E-state index is 0.250. The molecule has 0 amide bonds. The molecular weight excluding hydrogens is 566 g/mol. The molecule has 0 saturated carbocycles. The molecule has 0 radical (unpaired) electrons. The topological polar surface area (TPSA) is 82.7 Å². The van der Waals surface area contributed by atoms with E-state index in [9.17, 15) is 0 Å². The van der Waals surface area contributed by atoms with E-state index in [4.69, 9.17) is 19.6 Å². The van der Waals surface area contributed by atoms with Crippen LogP contribution in [0.3, 0.4) is 0 Å².